The molecule has 0 saturated heterocycles. The second-order valence-corrected chi connectivity index (χ2v) is 3.53. The van der Waals surface area contributed by atoms with Crippen LogP contribution in [-0.2, 0) is 4.79 Å². The first-order valence-corrected chi connectivity index (χ1v) is 4.62. The number of aliphatic imine (C=N–C) groups is 1. The number of nitrogens with one attached hydrogen (secondary N) is 1. The number of rotatable bonds is 1. The van der Waals surface area contributed by atoms with Gasteiger partial charge in [-0.15, -0.1) is 0 Å². The number of carboxylic acids is 1. The molecule has 2 aliphatic heterocycles. The summed E-state index contributed by atoms with van der Waals surface area (Å²) in [6.45, 7) is 0.582. The maximum absolute atomic E-state index is 10.8. The van der Waals surface area contributed by atoms with Gasteiger partial charge in [0.05, 0.1) is 0 Å². The van der Waals surface area contributed by atoms with Crippen molar-refractivity contribution in [2.24, 2.45) is 10.9 Å². The molecular weight excluding hydrogens is 180 g/mol. The molecule has 2 heterocycles. The van der Waals surface area contributed by atoms with E-state index in [2.05, 4.69) is 16.4 Å². The molecule has 0 aromatic heterocycles. The van der Waals surface area contributed by atoms with Crippen LogP contribution in [0.3, 0.4) is 0 Å². The number of carbonyl (C=O) groups is 1. The van der Waals surface area contributed by atoms with Gasteiger partial charge in [0.2, 0.25) is 0 Å². The molecule has 2 aliphatic rings. The van der Waals surface area contributed by atoms with E-state index in [1.807, 2.05) is 6.08 Å². The second kappa shape index (κ2) is 3.75. The highest BCUT2D eigenvalue weighted by Gasteiger charge is 2.23. The molecule has 0 radical (unpaired) electrons. The molecule has 0 saturated carbocycles. The van der Waals surface area contributed by atoms with Gasteiger partial charge < -0.3 is 10.4 Å². The molecule has 2 N–H and O–H groups in total. The Bertz CT molecular complexity index is 331. The lowest BCUT2D eigenvalue weighted by Crippen LogP contribution is -2.37. The Morgan fingerprint density at radius 1 is 1.64 bits per heavy atom. The van der Waals surface area contributed by atoms with Gasteiger partial charge in [-0.3, -0.25) is 9.79 Å². The molecule has 0 aromatic rings. The highest BCUT2D eigenvalue weighted by atomic mass is 16.4. The third kappa shape index (κ3) is 1.90. The molecule has 2 rings (SSSR count). The second-order valence-electron chi connectivity index (χ2n) is 3.53. The quantitative estimate of drug-likeness (QED) is 0.638. The number of hydrogen-bond acceptors (Lipinski definition) is 3. The predicted molar refractivity (Wildman–Crippen MR) is 53.2 cm³/mol. The molecule has 2 unspecified atom stereocenters. The van der Waals surface area contributed by atoms with Crippen LogP contribution in [0.15, 0.2) is 28.9 Å². The number of carboxylic acid groups (broad SMARTS) is 1. The van der Waals surface area contributed by atoms with Crippen molar-refractivity contribution in [3.63, 3.8) is 0 Å². The molecule has 0 amide bonds. The molecule has 0 aliphatic carbocycles. The average Bonchev–Trinajstić information content (AvgIpc) is 2.49. The van der Waals surface area contributed by atoms with Crippen molar-refractivity contribution < 1.29 is 9.90 Å². The Labute approximate surface area is 82.0 Å². The fourth-order valence-electron chi connectivity index (χ4n) is 1.71. The number of aliphatic carboxylic acids is 1. The van der Waals surface area contributed by atoms with E-state index >= 15 is 0 Å². The zero-order valence-corrected chi connectivity index (χ0v) is 7.68. The summed E-state index contributed by atoms with van der Waals surface area (Å²) in [6, 6.07) is -0.454. The van der Waals surface area contributed by atoms with Crippen LogP contribution in [0.5, 0.6) is 0 Å². The Balaban J connectivity index is 2.17. The predicted octanol–water partition coefficient (Wildman–Crippen LogP) is 0.574. The van der Waals surface area contributed by atoms with Crippen LogP contribution >= 0.6 is 0 Å². The smallest absolute Gasteiger partial charge is 0.320 e. The van der Waals surface area contributed by atoms with Crippen LogP contribution in [0.4, 0.5) is 0 Å². The van der Waals surface area contributed by atoms with Gasteiger partial charge in [-0.1, -0.05) is 12.2 Å². The molecule has 2 bridgehead atoms. The lowest BCUT2D eigenvalue weighted by atomic mass is 10.00. The van der Waals surface area contributed by atoms with Gasteiger partial charge in [-0.05, 0) is 17.9 Å². The van der Waals surface area contributed by atoms with E-state index in [1.54, 1.807) is 12.4 Å². The number of fused-ring (bicyclic) bond motifs is 1. The van der Waals surface area contributed by atoms with E-state index in [4.69, 9.17) is 5.11 Å². The summed E-state index contributed by atoms with van der Waals surface area (Å²) in [6.07, 6.45) is 8.11. The van der Waals surface area contributed by atoms with Gasteiger partial charge in [-0.25, -0.2) is 0 Å². The lowest BCUT2D eigenvalue weighted by molar-refractivity contribution is -0.139. The minimum atomic E-state index is -0.782. The average molecular weight is 192 g/mol. The Morgan fingerprint density at radius 3 is 3.29 bits per heavy atom. The summed E-state index contributed by atoms with van der Waals surface area (Å²) >= 11 is 0. The summed E-state index contributed by atoms with van der Waals surface area (Å²) < 4.78 is 0. The van der Waals surface area contributed by atoms with Crippen LogP contribution in [0.1, 0.15) is 6.42 Å². The topological polar surface area (TPSA) is 61.7 Å². The normalized spacial score (nSPS) is 30.4. The van der Waals surface area contributed by atoms with Gasteiger partial charge in [0.25, 0.3) is 0 Å². The summed E-state index contributed by atoms with van der Waals surface area (Å²) in [5.41, 5.74) is 1.06. The van der Waals surface area contributed by atoms with Gasteiger partial charge in [0.1, 0.15) is 6.04 Å². The van der Waals surface area contributed by atoms with Crippen molar-refractivity contribution in [1.29, 1.82) is 0 Å². The maximum Gasteiger partial charge on any atom is 0.320 e. The largest absolute Gasteiger partial charge is 0.480 e. The molecular formula is C10H12N2O2. The summed E-state index contributed by atoms with van der Waals surface area (Å²) in [4.78, 5) is 14.9. The molecule has 2 atom stereocenters. The first kappa shape index (κ1) is 9.15. The Kier molecular flexibility index (Phi) is 2.45. The molecule has 0 aromatic carbocycles. The van der Waals surface area contributed by atoms with Gasteiger partial charge in [0.15, 0.2) is 0 Å². The minimum absolute atomic E-state index is 0.184. The van der Waals surface area contributed by atoms with Crippen molar-refractivity contribution >= 4 is 12.2 Å². The van der Waals surface area contributed by atoms with E-state index in [-0.39, 0.29) is 5.92 Å². The Hall–Kier alpha value is -1.42. The SMILES string of the molecule is O=C(O)C1CC2C=CN=CC(=C2)CN1. The molecule has 14 heavy (non-hydrogen) atoms. The Morgan fingerprint density at radius 2 is 2.50 bits per heavy atom. The first-order valence-electron chi connectivity index (χ1n) is 4.62. The van der Waals surface area contributed by atoms with Crippen LogP contribution < -0.4 is 5.32 Å². The van der Waals surface area contributed by atoms with Crippen molar-refractivity contribution in [3.05, 3.63) is 23.9 Å². The van der Waals surface area contributed by atoms with Crippen LogP contribution in [0, 0.1) is 5.92 Å². The molecule has 0 fully saturated rings. The molecule has 74 valence electrons. The monoisotopic (exact) mass is 192 g/mol. The van der Waals surface area contributed by atoms with Gasteiger partial charge in [0, 0.05) is 19.0 Å². The van der Waals surface area contributed by atoms with E-state index in [9.17, 15) is 4.79 Å². The summed E-state index contributed by atoms with van der Waals surface area (Å²) in [5.74, 6) is -0.598. The van der Waals surface area contributed by atoms with Crippen LogP contribution in [0.2, 0.25) is 0 Å². The third-order valence-electron chi connectivity index (χ3n) is 2.45. The number of nitrogens with zero attached hydrogens (tertiary/aromatic N) is 1. The minimum Gasteiger partial charge on any atom is -0.480 e. The molecule has 4 heteroatoms. The van der Waals surface area contributed by atoms with Gasteiger partial charge in [-0.2, -0.15) is 0 Å². The third-order valence-corrected chi connectivity index (χ3v) is 2.45. The maximum atomic E-state index is 10.8. The zero-order valence-electron chi connectivity index (χ0n) is 7.68. The highest BCUT2D eigenvalue weighted by Crippen LogP contribution is 2.18. The number of hydrogen-bond donors (Lipinski definition) is 2. The van der Waals surface area contributed by atoms with Crippen molar-refractivity contribution in [2.75, 3.05) is 6.54 Å². The van der Waals surface area contributed by atoms with E-state index < -0.39 is 12.0 Å². The lowest BCUT2D eigenvalue weighted by Gasteiger charge is -2.13. The molecule has 4 nitrogen and oxygen atoms in total. The van der Waals surface area contributed by atoms with Crippen molar-refractivity contribution in [1.82, 2.24) is 5.32 Å². The fourth-order valence-corrected chi connectivity index (χ4v) is 1.71. The molecule has 0 spiro atoms. The van der Waals surface area contributed by atoms with Crippen LogP contribution in [-0.4, -0.2) is 29.9 Å². The van der Waals surface area contributed by atoms with E-state index in [1.165, 1.54) is 0 Å². The van der Waals surface area contributed by atoms with Crippen molar-refractivity contribution in [3.8, 4) is 0 Å². The standard InChI is InChI=1S/C10H12N2O2/c13-10(14)9-4-7-1-2-11-5-8(3-7)6-12-9/h1-3,5,7,9,12H,4,6H2,(H,13,14). The van der Waals surface area contributed by atoms with E-state index in [0.29, 0.717) is 13.0 Å². The first-order chi connectivity index (χ1) is 6.75. The van der Waals surface area contributed by atoms with Crippen LogP contribution in [0.25, 0.3) is 0 Å². The summed E-state index contributed by atoms with van der Waals surface area (Å²) in [7, 11) is 0. The highest BCUT2D eigenvalue weighted by molar-refractivity contribution is 5.81. The number of allylic oxidation sites excluding steroid dienone is 2. The zero-order chi connectivity index (χ0) is 9.97. The van der Waals surface area contributed by atoms with Gasteiger partial charge >= 0.3 is 5.97 Å². The fraction of sp³-hybridized carbons (Fsp3) is 0.400. The van der Waals surface area contributed by atoms with Crippen molar-refractivity contribution in [2.45, 2.75) is 12.5 Å². The summed E-state index contributed by atoms with van der Waals surface area (Å²) in [5, 5.41) is 11.9. The van der Waals surface area contributed by atoms with E-state index in [0.717, 1.165) is 5.57 Å².